The second-order valence-corrected chi connectivity index (χ2v) is 8.06. The molecule has 0 atom stereocenters. The van der Waals surface area contributed by atoms with Crippen molar-refractivity contribution in [1.29, 1.82) is 0 Å². The molecule has 0 bridgehead atoms. The summed E-state index contributed by atoms with van der Waals surface area (Å²) in [5.74, 6) is -1.17. The van der Waals surface area contributed by atoms with Gasteiger partial charge in [-0.3, -0.25) is 4.90 Å². The lowest BCUT2D eigenvalue weighted by Gasteiger charge is -2.40. The van der Waals surface area contributed by atoms with E-state index in [4.69, 9.17) is 0 Å². The van der Waals surface area contributed by atoms with Gasteiger partial charge >= 0.3 is 18.3 Å². The molecule has 1 fully saturated rings. The highest BCUT2D eigenvalue weighted by Crippen LogP contribution is 2.50. The molecule has 0 aromatic heterocycles. The van der Waals surface area contributed by atoms with E-state index in [9.17, 15) is 41.4 Å². The zero-order chi connectivity index (χ0) is 24.5. The maximum Gasteiger partial charge on any atom is 0.430 e. The number of halogens is 6. The molecule has 33 heavy (non-hydrogen) atoms. The Balaban J connectivity index is 1.75. The number of likely N-dealkylation sites (tertiary alicyclic amines) is 1. The molecule has 1 aliphatic rings. The Morgan fingerprint density at radius 1 is 0.909 bits per heavy atom. The molecule has 0 aliphatic carbocycles. The molecule has 2 aromatic rings. The first-order valence-electron chi connectivity index (χ1n) is 10.0. The number of benzene rings is 2. The van der Waals surface area contributed by atoms with Gasteiger partial charge in [0.1, 0.15) is 5.54 Å². The fourth-order valence-electron chi connectivity index (χ4n) is 3.89. The highest BCUT2D eigenvalue weighted by atomic mass is 19.4. The number of anilines is 1. The van der Waals surface area contributed by atoms with E-state index in [1.807, 2.05) is 30.3 Å². The van der Waals surface area contributed by atoms with Crippen molar-refractivity contribution in [3.8, 4) is 0 Å². The van der Waals surface area contributed by atoms with Gasteiger partial charge in [0.2, 0.25) is 0 Å². The molecule has 1 saturated heterocycles. The van der Waals surface area contributed by atoms with E-state index in [1.54, 1.807) is 0 Å². The number of carboxylic acids is 1. The number of carbonyl (C=O) groups is 1. The Morgan fingerprint density at radius 3 is 1.88 bits per heavy atom. The van der Waals surface area contributed by atoms with Crippen LogP contribution in [-0.2, 0) is 16.9 Å². The van der Waals surface area contributed by atoms with Crippen molar-refractivity contribution in [3.63, 3.8) is 0 Å². The van der Waals surface area contributed by atoms with Crippen LogP contribution in [-0.4, -0.2) is 52.1 Å². The number of hydrogen-bond donors (Lipinski definition) is 3. The van der Waals surface area contributed by atoms with E-state index < -0.39 is 35.0 Å². The number of aliphatic carboxylic acids is 1. The number of carboxylic acid groups (broad SMARTS) is 1. The normalized spacial score (nSPS) is 17.5. The van der Waals surface area contributed by atoms with Gasteiger partial charge in [-0.15, -0.1) is 0 Å². The second kappa shape index (κ2) is 8.86. The third kappa shape index (κ3) is 4.93. The van der Waals surface area contributed by atoms with Gasteiger partial charge in [0.25, 0.3) is 5.60 Å². The van der Waals surface area contributed by atoms with E-state index in [0.717, 1.165) is 17.7 Å². The molecule has 2 aromatic carbocycles. The first-order valence-corrected chi connectivity index (χ1v) is 10.0. The number of aliphatic hydroxyl groups is 1. The van der Waals surface area contributed by atoms with Crippen LogP contribution in [0.5, 0.6) is 0 Å². The molecule has 0 saturated carbocycles. The molecular formula is C22H22F6N2O3. The summed E-state index contributed by atoms with van der Waals surface area (Å²) in [4.78, 5) is 14.1. The summed E-state index contributed by atoms with van der Waals surface area (Å²) in [6, 6.07) is 12.3. The molecule has 3 N–H and O–H groups in total. The predicted molar refractivity (Wildman–Crippen MR) is 107 cm³/mol. The molecule has 0 spiro atoms. The average Bonchev–Trinajstić information content (AvgIpc) is 2.74. The Labute approximate surface area is 185 Å². The Hall–Kier alpha value is -2.79. The number of rotatable bonds is 6. The summed E-state index contributed by atoms with van der Waals surface area (Å²) in [6.45, 7) is 1.47. The number of nitrogens with zero attached hydrogens (tertiary/aromatic N) is 1. The highest BCUT2D eigenvalue weighted by molar-refractivity contribution is 5.83. The van der Waals surface area contributed by atoms with Crippen molar-refractivity contribution in [2.24, 2.45) is 0 Å². The Bertz CT molecular complexity index is 939. The van der Waals surface area contributed by atoms with Crippen LogP contribution in [0, 0.1) is 0 Å². The van der Waals surface area contributed by atoms with Gasteiger partial charge in [0, 0.05) is 30.9 Å². The van der Waals surface area contributed by atoms with Crippen LogP contribution in [0.15, 0.2) is 54.6 Å². The molecule has 5 nitrogen and oxygen atoms in total. The van der Waals surface area contributed by atoms with Crippen molar-refractivity contribution in [3.05, 3.63) is 65.7 Å². The molecule has 3 rings (SSSR count). The largest absolute Gasteiger partial charge is 0.480 e. The maximum absolute atomic E-state index is 13.1. The molecular weight excluding hydrogens is 454 g/mol. The number of hydrogen-bond acceptors (Lipinski definition) is 4. The molecule has 1 aliphatic heterocycles. The topological polar surface area (TPSA) is 72.8 Å². The van der Waals surface area contributed by atoms with Crippen LogP contribution in [0.2, 0.25) is 0 Å². The smallest absolute Gasteiger partial charge is 0.430 e. The van der Waals surface area contributed by atoms with Crippen LogP contribution in [0.1, 0.15) is 24.0 Å². The third-order valence-electron chi connectivity index (χ3n) is 5.87. The average molecular weight is 476 g/mol. The van der Waals surface area contributed by atoms with E-state index in [-0.39, 0.29) is 18.5 Å². The van der Waals surface area contributed by atoms with Gasteiger partial charge < -0.3 is 15.5 Å². The van der Waals surface area contributed by atoms with Crippen molar-refractivity contribution in [1.82, 2.24) is 4.90 Å². The summed E-state index contributed by atoms with van der Waals surface area (Å²) in [6.07, 6.45) is -11.6. The van der Waals surface area contributed by atoms with E-state index in [2.05, 4.69) is 10.2 Å². The number of piperidine rings is 1. The minimum absolute atomic E-state index is 0.0318. The fourth-order valence-corrected chi connectivity index (χ4v) is 3.89. The Kier molecular flexibility index (Phi) is 6.67. The van der Waals surface area contributed by atoms with Gasteiger partial charge in [-0.05, 0) is 30.5 Å². The van der Waals surface area contributed by atoms with E-state index in [1.165, 1.54) is 0 Å². The summed E-state index contributed by atoms with van der Waals surface area (Å²) >= 11 is 0. The van der Waals surface area contributed by atoms with E-state index in [0.29, 0.717) is 31.8 Å². The summed E-state index contributed by atoms with van der Waals surface area (Å²) < 4.78 is 78.3. The van der Waals surface area contributed by atoms with Crippen LogP contribution < -0.4 is 5.32 Å². The number of alkyl halides is 6. The summed E-state index contributed by atoms with van der Waals surface area (Å²) in [5.41, 5.74) is -6.78. The van der Waals surface area contributed by atoms with Crippen molar-refractivity contribution in [2.45, 2.75) is 42.9 Å². The van der Waals surface area contributed by atoms with Gasteiger partial charge in [-0.2, -0.15) is 26.3 Å². The number of nitrogens with one attached hydrogen (secondary N) is 1. The fraction of sp³-hybridized carbons (Fsp3) is 0.409. The van der Waals surface area contributed by atoms with E-state index >= 15 is 0 Å². The maximum atomic E-state index is 13.1. The molecule has 11 heteroatoms. The zero-order valence-corrected chi connectivity index (χ0v) is 17.2. The summed E-state index contributed by atoms with van der Waals surface area (Å²) in [5, 5.41) is 22.1. The van der Waals surface area contributed by atoms with Crippen LogP contribution in [0.25, 0.3) is 0 Å². The lowest BCUT2D eigenvalue weighted by atomic mass is 9.86. The molecule has 0 radical (unpaired) electrons. The van der Waals surface area contributed by atoms with Crippen molar-refractivity contribution in [2.75, 3.05) is 18.4 Å². The second-order valence-electron chi connectivity index (χ2n) is 8.06. The first kappa shape index (κ1) is 24.8. The quantitative estimate of drug-likeness (QED) is 0.535. The van der Waals surface area contributed by atoms with Crippen LogP contribution in [0.4, 0.5) is 32.0 Å². The molecule has 180 valence electrons. The Morgan fingerprint density at radius 2 is 1.42 bits per heavy atom. The minimum atomic E-state index is -5.99. The third-order valence-corrected chi connectivity index (χ3v) is 5.87. The lowest BCUT2D eigenvalue weighted by Crippen LogP contribution is -2.54. The van der Waals surface area contributed by atoms with Crippen LogP contribution >= 0.6 is 0 Å². The zero-order valence-electron chi connectivity index (χ0n) is 17.2. The minimum Gasteiger partial charge on any atom is -0.480 e. The molecule has 0 amide bonds. The SMILES string of the molecule is O=C(O)C1(Nc2ccc(C(O)(C(F)(F)F)C(F)(F)F)cc2)CCN(Cc2ccccc2)CC1. The standard InChI is InChI=1S/C22H22F6N2O3/c23-21(24,25)20(33,22(26,27)28)16-6-8-17(9-7-16)29-19(18(31)32)10-12-30(13-11-19)14-15-4-2-1-3-5-15/h1-9,29,33H,10-14H2,(H,31,32). The van der Waals surface area contributed by atoms with Gasteiger partial charge in [0.15, 0.2) is 0 Å². The van der Waals surface area contributed by atoms with Gasteiger partial charge in [-0.25, -0.2) is 4.79 Å². The lowest BCUT2D eigenvalue weighted by molar-refractivity contribution is -0.376. The van der Waals surface area contributed by atoms with Crippen molar-refractivity contribution < 1.29 is 41.4 Å². The molecule has 0 unspecified atom stereocenters. The van der Waals surface area contributed by atoms with Gasteiger partial charge in [0.05, 0.1) is 0 Å². The van der Waals surface area contributed by atoms with Crippen LogP contribution in [0.3, 0.4) is 0 Å². The monoisotopic (exact) mass is 476 g/mol. The van der Waals surface area contributed by atoms with Crippen molar-refractivity contribution >= 4 is 11.7 Å². The first-order chi connectivity index (χ1) is 15.3. The van der Waals surface area contributed by atoms with Gasteiger partial charge in [-0.1, -0.05) is 42.5 Å². The highest BCUT2D eigenvalue weighted by Gasteiger charge is 2.71. The summed E-state index contributed by atoms with van der Waals surface area (Å²) in [7, 11) is 0. The molecule has 1 heterocycles. The predicted octanol–water partition coefficient (Wildman–Crippen LogP) is 4.53.